The lowest BCUT2D eigenvalue weighted by Crippen LogP contribution is -2.35. The lowest BCUT2D eigenvalue weighted by Gasteiger charge is -2.16. The summed E-state index contributed by atoms with van der Waals surface area (Å²) in [6.07, 6.45) is 0. The smallest absolute Gasteiger partial charge is 0.241 e. The van der Waals surface area contributed by atoms with E-state index in [1.165, 1.54) is 0 Å². The largest absolute Gasteiger partial charge is 0.389 e. The molecule has 1 unspecified atom stereocenters. The highest BCUT2D eigenvalue weighted by molar-refractivity contribution is 7.80. The highest BCUT2D eigenvalue weighted by Gasteiger charge is 2.12. The van der Waals surface area contributed by atoms with E-state index in [4.69, 9.17) is 18.0 Å². The molecule has 4 N–H and O–H groups in total. The van der Waals surface area contributed by atoms with Gasteiger partial charge < -0.3 is 16.4 Å². The highest BCUT2D eigenvalue weighted by Crippen LogP contribution is 2.15. The minimum absolute atomic E-state index is 0.0854. The van der Waals surface area contributed by atoms with Crippen LogP contribution in [0.2, 0.25) is 0 Å². The van der Waals surface area contributed by atoms with E-state index in [0.717, 1.165) is 11.3 Å². The molecule has 16 heavy (non-hydrogen) atoms. The molecule has 0 aliphatic heterocycles. The van der Waals surface area contributed by atoms with Crippen LogP contribution >= 0.6 is 12.2 Å². The van der Waals surface area contributed by atoms with Gasteiger partial charge in [0.05, 0.1) is 0 Å². The Kier molecular flexibility index (Phi) is 4.25. The molecule has 1 aromatic rings. The number of benzene rings is 1. The average Bonchev–Trinajstić information content (AvgIpc) is 2.28. The van der Waals surface area contributed by atoms with Crippen molar-refractivity contribution in [3.8, 4) is 0 Å². The number of carbonyl (C=O) groups excluding carboxylic acids is 1. The fraction of sp³-hybridized carbons (Fsp3) is 0.273. The van der Waals surface area contributed by atoms with Gasteiger partial charge in [-0.05, 0) is 19.1 Å². The van der Waals surface area contributed by atoms with Crippen LogP contribution in [0.25, 0.3) is 0 Å². The number of thiocarbonyl (C=S) groups is 1. The minimum Gasteiger partial charge on any atom is -0.389 e. The number of para-hydroxylation sites is 1. The van der Waals surface area contributed by atoms with Crippen LogP contribution in [0.3, 0.4) is 0 Å². The molecular formula is C11H15N3OS. The summed E-state index contributed by atoms with van der Waals surface area (Å²) in [5, 5.41) is 5.63. The molecule has 0 saturated carbocycles. The van der Waals surface area contributed by atoms with Gasteiger partial charge in [-0.1, -0.05) is 24.4 Å². The first kappa shape index (κ1) is 12.4. The molecule has 5 heteroatoms. The molecule has 86 valence electrons. The van der Waals surface area contributed by atoms with Crippen LogP contribution in [0.5, 0.6) is 0 Å². The number of hydrogen-bond acceptors (Lipinski definition) is 3. The number of rotatable bonds is 4. The Morgan fingerprint density at radius 2 is 2.06 bits per heavy atom. The fourth-order valence-electron chi connectivity index (χ4n) is 1.34. The predicted molar refractivity (Wildman–Crippen MR) is 69.5 cm³/mol. The highest BCUT2D eigenvalue weighted by atomic mass is 32.1. The van der Waals surface area contributed by atoms with Gasteiger partial charge in [-0.2, -0.15) is 0 Å². The lowest BCUT2D eigenvalue weighted by atomic mass is 10.1. The van der Waals surface area contributed by atoms with E-state index in [2.05, 4.69) is 10.6 Å². The Bertz CT molecular complexity index is 406. The number of amides is 1. The average molecular weight is 237 g/mol. The van der Waals surface area contributed by atoms with Crippen molar-refractivity contribution < 1.29 is 4.79 Å². The van der Waals surface area contributed by atoms with Crippen LogP contribution < -0.4 is 16.4 Å². The van der Waals surface area contributed by atoms with Crippen molar-refractivity contribution in [3.05, 3.63) is 29.8 Å². The van der Waals surface area contributed by atoms with Gasteiger partial charge >= 0.3 is 0 Å². The minimum atomic E-state index is -0.333. The molecule has 0 aliphatic rings. The summed E-state index contributed by atoms with van der Waals surface area (Å²) in [5.41, 5.74) is 7.10. The van der Waals surface area contributed by atoms with Crippen molar-refractivity contribution in [2.75, 3.05) is 12.4 Å². The zero-order valence-electron chi connectivity index (χ0n) is 9.28. The molecule has 0 saturated heterocycles. The third-order valence-electron chi connectivity index (χ3n) is 2.20. The summed E-state index contributed by atoms with van der Waals surface area (Å²) < 4.78 is 0. The summed E-state index contributed by atoms with van der Waals surface area (Å²) in [6.45, 7) is 1.77. The first-order valence-electron chi connectivity index (χ1n) is 4.93. The second-order valence-corrected chi connectivity index (χ2v) is 3.83. The number of nitrogens with two attached hydrogens (primary N) is 1. The second-order valence-electron chi connectivity index (χ2n) is 3.39. The number of likely N-dealkylation sites (N-methyl/N-ethyl adjacent to an activating group) is 1. The molecule has 0 aromatic heterocycles. The van der Waals surface area contributed by atoms with E-state index >= 15 is 0 Å². The molecule has 0 radical (unpaired) electrons. The fourth-order valence-corrected chi connectivity index (χ4v) is 1.52. The number of anilines is 1. The van der Waals surface area contributed by atoms with Crippen molar-refractivity contribution >= 4 is 28.8 Å². The van der Waals surface area contributed by atoms with Crippen LogP contribution in [0, 0.1) is 0 Å². The van der Waals surface area contributed by atoms with Gasteiger partial charge in [0.1, 0.15) is 11.0 Å². The molecule has 0 bridgehead atoms. The quantitative estimate of drug-likeness (QED) is 0.680. The molecular weight excluding hydrogens is 222 g/mol. The molecule has 0 aliphatic carbocycles. The third kappa shape index (κ3) is 2.93. The summed E-state index contributed by atoms with van der Waals surface area (Å²) in [4.78, 5) is 11.7. The van der Waals surface area contributed by atoms with Crippen molar-refractivity contribution in [1.82, 2.24) is 5.32 Å². The Labute approximate surface area is 100 Å². The van der Waals surface area contributed by atoms with Gasteiger partial charge in [0.2, 0.25) is 5.91 Å². The first-order chi connectivity index (χ1) is 7.56. The van der Waals surface area contributed by atoms with E-state index in [0.29, 0.717) is 4.99 Å². The van der Waals surface area contributed by atoms with E-state index in [-0.39, 0.29) is 11.9 Å². The topological polar surface area (TPSA) is 67.2 Å². The van der Waals surface area contributed by atoms with Gasteiger partial charge in [0.25, 0.3) is 0 Å². The van der Waals surface area contributed by atoms with Crippen LogP contribution in [-0.2, 0) is 4.79 Å². The van der Waals surface area contributed by atoms with Crippen LogP contribution in [0.15, 0.2) is 24.3 Å². The Morgan fingerprint density at radius 1 is 1.44 bits per heavy atom. The number of nitrogens with one attached hydrogen (secondary N) is 2. The maximum absolute atomic E-state index is 11.4. The SMILES string of the molecule is CNC(=O)C(C)Nc1ccccc1C(N)=S. The summed E-state index contributed by atoms with van der Waals surface area (Å²) in [5.74, 6) is -0.0854. The zero-order valence-corrected chi connectivity index (χ0v) is 10.1. The van der Waals surface area contributed by atoms with E-state index in [9.17, 15) is 4.79 Å². The monoisotopic (exact) mass is 237 g/mol. The van der Waals surface area contributed by atoms with Crippen molar-refractivity contribution in [2.24, 2.45) is 5.73 Å². The van der Waals surface area contributed by atoms with Crippen LogP contribution in [0.4, 0.5) is 5.69 Å². The zero-order chi connectivity index (χ0) is 12.1. The van der Waals surface area contributed by atoms with E-state index in [1.54, 1.807) is 14.0 Å². The maximum atomic E-state index is 11.4. The van der Waals surface area contributed by atoms with Crippen molar-refractivity contribution in [3.63, 3.8) is 0 Å². The van der Waals surface area contributed by atoms with E-state index < -0.39 is 0 Å². The molecule has 1 rings (SSSR count). The number of carbonyl (C=O) groups is 1. The molecule has 0 heterocycles. The van der Waals surface area contributed by atoms with Gasteiger partial charge in [-0.15, -0.1) is 0 Å². The molecule has 0 fully saturated rings. The van der Waals surface area contributed by atoms with Gasteiger partial charge in [-0.25, -0.2) is 0 Å². The maximum Gasteiger partial charge on any atom is 0.241 e. The second kappa shape index (κ2) is 5.46. The first-order valence-corrected chi connectivity index (χ1v) is 5.34. The van der Waals surface area contributed by atoms with Gasteiger partial charge in [0.15, 0.2) is 0 Å². The molecule has 1 atom stereocenters. The van der Waals surface area contributed by atoms with E-state index in [1.807, 2.05) is 24.3 Å². The molecule has 0 spiro atoms. The van der Waals surface area contributed by atoms with Gasteiger partial charge in [0, 0.05) is 18.3 Å². The van der Waals surface area contributed by atoms with Crippen LogP contribution in [0.1, 0.15) is 12.5 Å². The Balaban J connectivity index is 2.88. The van der Waals surface area contributed by atoms with Crippen LogP contribution in [-0.4, -0.2) is 24.0 Å². The number of hydrogen-bond donors (Lipinski definition) is 3. The van der Waals surface area contributed by atoms with Crippen molar-refractivity contribution in [1.29, 1.82) is 0 Å². The Hall–Kier alpha value is -1.62. The molecule has 1 amide bonds. The summed E-state index contributed by atoms with van der Waals surface area (Å²) in [7, 11) is 1.60. The molecule has 4 nitrogen and oxygen atoms in total. The normalized spacial score (nSPS) is 11.6. The standard InChI is InChI=1S/C11H15N3OS/c1-7(11(15)13-2)14-9-6-4-3-5-8(9)10(12)16/h3-7,14H,1-2H3,(H2,12,16)(H,13,15). The third-order valence-corrected chi connectivity index (χ3v) is 2.42. The lowest BCUT2D eigenvalue weighted by molar-refractivity contribution is -0.121. The Morgan fingerprint density at radius 3 is 2.62 bits per heavy atom. The predicted octanol–water partition coefficient (Wildman–Crippen LogP) is 0.867. The molecule has 1 aromatic carbocycles. The van der Waals surface area contributed by atoms with Gasteiger partial charge in [-0.3, -0.25) is 4.79 Å². The summed E-state index contributed by atoms with van der Waals surface area (Å²) in [6, 6.07) is 7.04. The van der Waals surface area contributed by atoms with Crippen molar-refractivity contribution in [2.45, 2.75) is 13.0 Å². The summed E-state index contributed by atoms with van der Waals surface area (Å²) >= 11 is 4.93.